The molecule has 0 saturated heterocycles. The van der Waals surface area contributed by atoms with Crippen molar-refractivity contribution in [1.82, 2.24) is 4.57 Å². The van der Waals surface area contributed by atoms with Gasteiger partial charge >= 0.3 is 5.97 Å². The van der Waals surface area contributed by atoms with Crippen molar-refractivity contribution in [2.45, 2.75) is 0 Å². The summed E-state index contributed by atoms with van der Waals surface area (Å²) in [4.78, 5) is 22.7. The maximum atomic E-state index is 11.4. The number of carbonyl (C=O) groups excluding carboxylic acids is 1. The molecule has 1 heterocycles. The topological polar surface area (TPSA) is 112 Å². The lowest BCUT2D eigenvalue weighted by molar-refractivity contribution is -0.113. The molecule has 2 aromatic rings. The van der Waals surface area contributed by atoms with Gasteiger partial charge in [0.1, 0.15) is 0 Å². The maximum Gasteiger partial charge on any atom is 0.337 e. The number of aromatic hydroxyl groups is 2. The van der Waals surface area contributed by atoms with E-state index in [1.54, 1.807) is 0 Å². The number of amides is 1. The second-order valence-electron chi connectivity index (χ2n) is 4.10. The summed E-state index contributed by atoms with van der Waals surface area (Å²) in [6.45, 7) is 0. The van der Waals surface area contributed by atoms with Gasteiger partial charge in [-0.1, -0.05) is 22.6 Å². The predicted molar refractivity (Wildman–Crippen MR) is 83.6 cm³/mol. The molecule has 0 radical (unpaired) electrons. The summed E-state index contributed by atoms with van der Waals surface area (Å²) in [7, 11) is 0. The number of carboxylic acid groups (broad SMARTS) is 1. The van der Waals surface area contributed by atoms with E-state index in [0.29, 0.717) is 5.69 Å². The van der Waals surface area contributed by atoms with Crippen molar-refractivity contribution >= 4 is 40.2 Å². The number of aromatic carboxylic acids is 1. The van der Waals surface area contributed by atoms with Crippen molar-refractivity contribution in [2.75, 3.05) is 9.74 Å². The molecule has 0 aliphatic heterocycles. The van der Waals surface area contributed by atoms with E-state index in [-0.39, 0.29) is 33.3 Å². The van der Waals surface area contributed by atoms with Crippen molar-refractivity contribution in [3.8, 4) is 17.4 Å². The van der Waals surface area contributed by atoms with E-state index < -0.39 is 5.97 Å². The molecule has 8 heteroatoms. The van der Waals surface area contributed by atoms with Gasteiger partial charge < -0.3 is 20.6 Å². The highest BCUT2D eigenvalue weighted by Crippen LogP contribution is 2.30. The quantitative estimate of drug-likeness (QED) is 0.462. The number of benzene rings is 1. The summed E-state index contributed by atoms with van der Waals surface area (Å²) >= 11 is 1.90. The summed E-state index contributed by atoms with van der Waals surface area (Å²) < 4.78 is 1.22. The molecule has 0 fully saturated rings. The lowest BCUT2D eigenvalue weighted by Crippen LogP contribution is -2.13. The number of hydrogen-bond donors (Lipinski definition) is 4. The molecule has 0 spiro atoms. The molecule has 21 heavy (non-hydrogen) atoms. The number of anilines is 1. The van der Waals surface area contributed by atoms with Crippen LogP contribution in [-0.2, 0) is 4.79 Å². The molecular weight excluding hydrogens is 391 g/mol. The third-order valence-corrected chi connectivity index (χ3v) is 3.41. The van der Waals surface area contributed by atoms with Crippen molar-refractivity contribution in [1.29, 1.82) is 0 Å². The Morgan fingerprint density at radius 1 is 1.14 bits per heavy atom. The van der Waals surface area contributed by atoms with Gasteiger partial charge in [0.2, 0.25) is 5.91 Å². The van der Waals surface area contributed by atoms with Gasteiger partial charge in [-0.15, -0.1) is 0 Å². The van der Waals surface area contributed by atoms with Gasteiger partial charge in [0.25, 0.3) is 0 Å². The number of nitrogens with zero attached hydrogens (tertiary/aromatic N) is 1. The van der Waals surface area contributed by atoms with Gasteiger partial charge in [-0.2, -0.15) is 0 Å². The minimum atomic E-state index is -1.22. The van der Waals surface area contributed by atoms with E-state index in [0.717, 1.165) is 4.57 Å². The zero-order chi connectivity index (χ0) is 15.6. The summed E-state index contributed by atoms with van der Waals surface area (Å²) in [6.07, 6.45) is 0. The molecular formula is C13H11IN2O5. The van der Waals surface area contributed by atoms with Crippen molar-refractivity contribution in [3.63, 3.8) is 0 Å². The molecule has 0 atom stereocenters. The zero-order valence-electron chi connectivity index (χ0n) is 10.6. The van der Waals surface area contributed by atoms with Crippen LogP contribution in [-0.4, -0.2) is 36.2 Å². The monoisotopic (exact) mass is 402 g/mol. The van der Waals surface area contributed by atoms with Crippen LogP contribution in [0.25, 0.3) is 5.69 Å². The second kappa shape index (κ2) is 6.04. The van der Waals surface area contributed by atoms with E-state index in [1.807, 2.05) is 22.6 Å². The van der Waals surface area contributed by atoms with Gasteiger partial charge in [-0.25, -0.2) is 4.79 Å². The van der Waals surface area contributed by atoms with Crippen molar-refractivity contribution < 1.29 is 24.9 Å². The number of rotatable bonds is 4. The van der Waals surface area contributed by atoms with Crippen LogP contribution in [0.15, 0.2) is 30.3 Å². The van der Waals surface area contributed by atoms with E-state index >= 15 is 0 Å². The van der Waals surface area contributed by atoms with Gasteiger partial charge in [0.05, 0.1) is 15.7 Å². The zero-order valence-corrected chi connectivity index (χ0v) is 12.7. The Morgan fingerprint density at radius 3 is 2.29 bits per heavy atom. The van der Waals surface area contributed by atoms with Crippen LogP contribution in [0.1, 0.15) is 10.4 Å². The molecule has 1 aromatic heterocycles. The number of alkyl halides is 1. The third kappa shape index (κ3) is 3.10. The third-order valence-electron chi connectivity index (χ3n) is 2.71. The van der Waals surface area contributed by atoms with Crippen LogP contribution in [0.4, 0.5) is 5.69 Å². The summed E-state index contributed by atoms with van der Waals surface area (Å²) in [6, 6.07) is 6.56. The van der Waals surface area contributed by atoms with E-state index in [4.69, 9.17) is 0 Å². The molecule has 1 aromatic carbocycles. The van der Waals surface area contributed by atoms with Crippen molar-refractivity contribution in [2.24, 2.45) is 0 Å². The van der Waals surface area contributed by atoms with Crippen LogP contribution >= 0.6 is 22.6 Å². The van der Waals surface area contributed by atoms with Crippen LogP contribution in [0.3, 0.4) is 0 Å². The van der Waals surface area contributed by atoms with Gasteiger partial charge in [0, 0.05) is 17.8 Å². The Hall–Kier alpha value is -2.23. The average molecular weight is 402 g/mol. The minimum absolute atomic E-state index is 0.0498. The first-order chi connectivity index (χ1) is 9.93. The number of aromatic nitrogens is 1. The van der Waals surface area contributed by atoms with E-state index in [9.17, 15) is 24.9 Å². The highest BCUT2D eigenvalue weighted by Gasteiger charge is 2.17. The number of nitrogens with one attached hydrogen (secondary N) is 1. The maximum absolute atomic E-state index is 11.4. The Kier molecular flexibility index (Phi) is 4.36. The minimum Gasteiger partial charge on any atom is -0.494 e. The molecule has 1 amide bonds. The molecule has 0 aliphatic carbocycles. The molecule has 110 valence electrons. The standard InChI is InChI=1S/C13H11IN2O5/c14-6-10(17)15-7-1-2-8(13(20)21)9(5-7)16-11(18)3-4-12(16)19/h1-5,18-19H,6H2,(H,15,17)(H,20,21). The Bertz CT molecular complexity index is 691. The highest BCUT2D eigenvalue weighted by atomic mass is 127. The van der Waals surface area contributed by atoms with E-state index in [2.05, 4.69) is 5.32 Å². The van der Waals surface area contributed by atoms with Crippen molar-refractivity contribution in [3.05, 3.63) is 35.9 Å². The van der Waals surface area contributed by atoms with Gasteiger partial charge in [0.15, 0.2) is 11.8 Å². The molecule has 0 unspecified atom stereocenters. The fourth-order valence-corrected chi connectivity index (χ4v) is 2.02. The number of carbonyl (C=O) groups is 2. The summed E-state index contributed by atoms with van der Waals surface area (Å²) in [5.41, 5.74) is 0.294. The summed E-state index contributed by atoms with van der Waals surface area (Å²) in [5, 5.41) is 31.2. The van der Waals surface area contributed by atoms with Crippen LogP contribution in [0.2, 0.25) is 0 Å². The van der Waals surface area contributed by atoms with Crippen LogP contribution in [0, 0.1) is 0 Å². The van der Waals surface area contributed by atoms with Gasteiger partial charge in [-0.05, 0) is 18.2 Å². The summed E-state index contributed by atoms with van der Waals surface area (Å²) in [5.74, 6) is -2.09. The fourth-order valence-electron chi connectivity index (χ4n) is 1.83. The molecule has 0 aliphatic rings. The highest BCUT2D eigenvalue weighted by molar-refractivity contribution is 14.1. The fraction of sp³-hybridized carbons (Fsp3) is 0.0769. The average Bonchev–Trinajstić information content (AvgIpc) is 2.77. The smallest absolute Gasteiger partial charge is 0.337 e. The normalized spacial score (nSPS) is 10.3. The molecule has 2 rings (SSSR count). The largest absolute Gasteiger partial charge is 0.494 e. The van der Waals surface area contributed by atoms with Gasteiger partial charge in [-0.3, -0.25) is 9.36 Å². The molecule has 7 nitrogen and oxygen atoms in total. The number of carboxylic acids is 1. The lowest BCUT2D eigenvalue weighted by atomic mass is 10.1. The SMILES string of the molecule is O=C(CI)Nc1ccc(C(=O)O)c(-n2c(O)ccc2O)c1. The lowest BCUT2D eigenvalue weighted by Gasteiger charge is -2.12. The Labute approximate surface area is 133 Å². The number of halogens is 1. The van der Waals surface area contributed by atoms with Crippen LogP contribution in [0.5, 0.6) is 11.8 Å². The van der Waals surface area contributed by atoms with E-state index in [1.165, 1.54) is 30.3 Å². The second-order valence-corrected chi connectivity index (χ2v) is 4.87. The number of hydrogen-bond acceptors (Lipinski definition) is 4. The van der Waals surface area contributed by atoms with Crippen LogP contribution < -0.4 is 5.32 Å². The Balaban J connectivity index is 2.58. The Morgan fingerprint density at radius 2 is 1.76 bits per heavy atom. The molecule has 0 saturated carbocycles. The molecule has 4 N–H and O–H groups in total. The first kappa shape index (κ1) is 15.2. The predicted octanol–water partition coefficient (Wildman–Crippen LogP) is 1.96. The first-order valence-electron chi connectivity index (χ1n) is 5.77. The molecule has 0 bridgehead atoms. The first-order valence-corrected chi connectivity index (χ1v) is 7.30.